The van der Waals surface area contributed by atoms with Crippen LogP contribution >= 0.6 is 0 Å². The van der Waals surface area contributed by atoms with Crippen LogP contribution in [-0.2, 0) is 6.54 Å². The number of aromatic amines is 1. The van der Waals surface area contributed by atoms with Gasteiger partial charge in [0.05, 0.1) is 0 Å². The van der Waals surface area contributed by atoms with Crippen LogP contribution in [0.2, 0.25) is 0 Å². The van der Waals surface area contributed by atoms with Crippen molar-refractivity contribution in [3.8, 4) is 17.2 Å². The quantitative estimate of drug-likeness (QED) is 0.939. The fraction of sp³-hybridized carbons (Fsp3) is 0.400. The van der Waals surface area contributed by atoms with Gasteiger partial charge in [-0.25, -0.2) is 0 Å². The van der Waals surface area contributed by atoms with Crippen molar-refractivity contribution in [3.05, 3.63) is 57.5 Å². The van der Waals surface area contributed by atoms with Crippen molar-refractivity contribution in [1.29, 1.82) is 5.26 Å². The topological polar surface area (TPSA) is 59.9 Å². The first-order valence-electron chi connectivity index (χ1n) is 8.56. The van der Waals surface area contributed by atoms with E-state index in [2.05, 4.69) is 28.9 Å². The number of H-pyrrole nitrogens is 1. The predicted molar refractivity (Wildman–Crippen MR) is 95.7 cm³/mol. The summed E-state index contributed by atoms with van der Waals surface area (Å²) < 4.78 is 0. The van der Waals surface area contributed by atoms with Gasteiger partial charge in [0.15, 0.2) is 0 Å². The van der Waals surface area contributed by atoms with Crippen molar-refractivity contribution in [1.82, 2.24) is 9.88 Å². The Kier molecular flexibility index (Phi) is 4.82. The SMILES string of the molecule is Cc1cc(-c2ccccc2CN2CCCCC2C)c(C#N)c(=O)[nH]1. The van der Waals surface area contributed by atoms with Crippen LogP contribution in [0.25, 0.3) is 11.1 Å². The van der Waals surface area contributed by atoms with Crippen LogP contribution in [0.5, 0.6) is 0 Å². The molecule has 1 aliphatic heterocycles. The van der Waals surface area contributed by atoms with Gasteiger partial charge in [-0.1, -0.05) is 30.7 Å². The van der Waals surface area contributed by atoms with E-state index in [1.807, 2.05) is 31.2 Å². The van der Waals surface area contributed by atoms with Gasteiger partial charge in [0.2, 0.25) is 0 Å². The largest absolute Gasteiger partial charge is 0.325 e. The molecule has 0 bridgehead atoms. The third-order valence-electron chi connectivity index (χ3n) is 4.90. The molecule has 3 rings (SSSR count). The Labute approximate surface area is 142 Å². The lowest BCUT2D eigenvalue weighted by Crippen LogP contribution is -2.36. The number of nitrogens with zero attached hydrogens (tertiary/aromatic N) is 2. The standard InChI is InChI=1S/C20H23N3O/c1-14-11-18(19(12-21)20(24)22-14)17-9-4-3-8-16(17)13-23-10-6-5-7-15(23)2/h3-4,8-9,11,15H,5-7,10,13H2,1-2H3,(H,22,24). The highest BCUT2D eigenvalue weighted by Crippen LogP contribution is 2.28. The van der Waals surface area contributed by atoms with Crippen molar-refractivity contribution >= 4 is 0 Å². The van der Waals surface area contributed by atoms with Gasteiger partial charge >= 0.3 is 0 Å². The van der Waals surface area contributed by atoms with Crippen molar-refractivity contribution in [3.63, 3.8) is 0 Å². The van der Waals surface area contributed by atoms with E-state index in [9.17, 15) is 10.1 Å². The van der Waals surface area contributed by atoms with Crippen LogP contribution in [-0.4, -0.2) is 22.5 Å². The number of hydrogen-bond acceptors (Lipinski definition) is 3. The van der Waals surface area contributed by atoms with Gasteiger partial charge in [-0.05, 0) is 50.4 Å². The van der Waals surface area contributed by atoms with Gasteiger partial charge in [-0.3, -0.25) is 9.69 Å². The van der Waals surface area contributed by atoms with Gasteiger partial charge < -0.3 is 4.98 Å². The molecule has 1 atom stereocenters. The summed E-state index contributed by atoms with van der Waals surface area (Å²) in [6.07, 6.45) is 3.76. The maximum Gasteiger partial charge on any atom is 0.266 e. The van der Waals surface area contributed by atoms with E-state index in [1.165, 1.54) is 24.8 Å². The summed E-state index contributed by atoms with van der Waals surface area (Å²) in [6, 6.07) is 12.7. The second-order valence-electron chi connectivity index (χ2n) is 6.65. The number of likely N-dealkylation sites (tertiary alicyclic amines) is 1. The zero-order chi connectivity index (χ0) is 17.1. The van der Waals surface area contributed by atoms with Crippen molar-refractivity contribution in [2.75, 3.05) is 6.54 Å². The number of aryl methyl sites for hydroxylation is 1. The number of pyridine rings is 1. The van der Waals surface area contributed by atoms with Gasteiger partial charge in [-0.2, -0.15) is 5.26 Å². The van der Waals surface area contributed by atoms with Gasteiger partial charge in [0.1, 0.15) is 11.6 Å². The molecular formula is C20H23N3O. The lowest BCUT2D eigenvalue weighted by Gasteiger charge is -2.33. The highest BCUT2D eigenvalue weighted by Gasteiger charge is 2.20. The first kappa shape index (κ1) is 16.5. The zero-order valence-electron chi connectivity index (χ0n) is 14.3. The molecule has 0 spiro atoms. The molecule has 0 saturated carbocycles. The van der Waals surface area contributed by atoms with Crippen LogP contribution in [0, 0.1) is 18.3 Å². The molecule has 1 aromatic heterocycles. The minimum Gasteiger partial charge on any atom is -0.325 e. The Hall–Kier alpha value is -2.38. The maximum absolute atomic E-state index is 12.1. The summed E-state index contributed by atoms with van der Waals surface area (Å²) in [4.78, 5) is 17.3. The lowest BCUT2D eigenvalue weighted by atomic mass is 9.95. The number of nitrogens with one attached hydrogen (secondary N) is 1. The summed E-state index contributed by atoms with van der Waals surface area (Å²) in [5.74, 6) is 0. The summed E-state index contributed by atoms with van der Waals surface area (Å²) in [5, 5.41) is 9.43. The Morgan fingerprint density at radius 1 is 1.29 bits per heavy atom. The monoisotopic (exact) mass is 321 g/mol. The molecule has 0 aliphatic carbocycles. The fourth-order valence-electron chi connectivity index (χ4n) is 3.54. The molecule has 1 unspecified atom stereocenters. The molecule has 2 heterocycles. The Bertz CT molecular complexity index is 832. The summed E-state index contributed by atoms with van der Waals surface area (Å²) in [6.45, 7) is 6.09. The average Bonchev–Trinajstić information content (AvgIpc) is 2.57. The summed E-state index contributed by atoms with van der Waals surface area (Å²) in [7, 11) is 0. The van der Waals surface area contributed by atoms with Crippen LogP contribution < -0.4 is 5.56 Å². The molecule has 124 valence electrons. The summed E-state index contributed by atoms with van der Waals surface area (Å²) in [5.41, 5.74) is 3.55. The van der Waals surface area contributed by atoms with E-state index in [0.29, 0.717) is 6.04 Å². The number of benzene rings is 1. The molecule has 1 aliphatic rings. The number of rotatable bonds is 3. The highest BCUT2D eigenvalue weighted by atomic mass is 16.1. The molecule has 0 radical (unpaired) electrons. The Morgan fingerprint density at radius 3 is 2.83 bits per heavy atom. The normalized spacial score (nSPS) is 18.3. The molecule has 1 aromatic carbocycles. The molecule has 0 amide bonds. The molecule has 1 N–H and O–H groups in total. The van der Waals surface area contributed by atoms with Crippen LogP contribution in [0.15, 0.2) is 35.1 Å². The average molecular weight is 321 g/mol. The van der Waals surface area contributed by atoms with Gasteiger partial charge in [0, 0.05) is 23.8 Å². The molecule has 4 nitrogen and oxygen atoms in total. The molecule has 1 fully saturated rings. The Morgan fingerprint density at radius 2 is 2.08 bits per heavy atom. The Balaban J connectivity index is 2.05. The molecular weight excluding hydrogens is 298 g/mol. The molecule has 24 heavy (non-hydrogen) atoms. The van der Waals surface area contributed by atoms with Crippen LogP contribution in [0.1, 0.15) is 43.0 Å². The first-order valence-corrected chi connectivity index (χ1v) is 8.56. The van der Waals surface area contributed by atoms with E-state index < -0.39 is 0 Å². The third-order valence-corrected chi connectivity index (χ3v) is 4.90. The second kappa shape index (κ2) is 7.02. The minimum atomic E-state index is -0.311. The van der Waals surface area contributed by atoms with E-state index in [1.54, 1.807) is 0 Å². The van der Waals surface area contributed by atoms with E-state index in [0.717, 1.165) is 29.9 Å². The maximum atomic E-state index is 12.1. The fourth-order valence-corrected chi connectivity index (χ4v) is 3.54. The highest BCUT2D eigenvalue weighted by molar-refractivity contribution is 5.73. The number of piperidine rings is 1. The van der Waals surface area contributed by atoms with Crippen LogP contribution in [0.4, 0.5) is 0 Å². The van der Waals surface area contributed by atoms with E-state index in [-0.39, 0.29) is 11.1 Å². The number of nitriles is 1. The van der Waals surface area contributed by atoms with E-state index in [4.69, 9.17) is 0 Å². The molecule has 4 heteroatoms. The smallest absolute Gasteiger partial charge is 0.266 e. The van der Waals surface area contributed by atoms with Gasteiger partial charge in [0.25, 0.3) is 5.56 Å². The van der Waals surface area contributed by atoms with Crippen molar-refractivity contribution < 1.29 is 0 Å². The first-order chi connectivity index (χ1) is 11.6. The lowest BCUT2D eigenvalue weighted by molar-refractivity contribution is 0.153. The number of hydrogen-bond donors (Lipinski definition) is 1. The predicted octanol–water partition coefficient (Wildman–Crippen LogP) is 3.60. The van der Waals surface area contributed by atoms with E-state index >= 15 is 0 Å². The zero-order valence-corrected chi connectivity index (χ0v) is 14.3. The number of aromatic nitrogens is 1. The third kappa shape index (κ3) is 3.27. The summed E-state index contributed by atoms with van der Waals surface area (Å²) >= 11 is 0. The molecule has 2 aromatic rings. The van der Waals surface area contributed by atoms with Crippen LogP contribution in [0.3, 0.4) is 0 Å². The van der Waals surface area contributed by atoms with Crippen molar-refractivity contribution in [2.45, 2.75) is 45.7 Å². The van der Waals surface area contributed by atoms with Crippen molar-refractivity contribution in [2.24, 2.45) is 0 Å². The van der Waals surface area contributed by atoms with Gasteiger partial charge in [-0.15, -0.1) is 0 Å². The molecule has 1 saturated heterocycles. The minimum absolute atomic E-state index is 0.194. The second-order valence-corrected chi connectivity index (χ2v) is 6.65.